The Morgan fingerprint density at radius 2 is 1.86 bits per heavy atom. The molecule has 2 heterocycles. The molecule has 150 valence electrons. The lowest BCUT2D eigenvalue weighted by Crippen LogP contribution is -2.43. The number of hydrogen-bond donors (Lipinski definition) is 1. The molecule has 1 aromatic carbocycles. The van der Waals surface area contributed by atoms with Gasteiger partial charge in [0.1, 0.15) is 11.0 Å². The molecule has 2 amide bonds. The van der Waals surface area contributed by atoms with Gasteiger partial charge in [-0.15, -0.1) is 0 Å². The first-order chi connectivity index (χ1) is 13.3. The highest BCUT2D eigenvalue weighted by Gasteiger charge is 2.33. The van der Waals surface area contributed by atoms with Crippen LogP contribution < -0.4 is 5.32 Å². The second-order valence-corrected chi connectivity index (χ2v) is 9.13. The van der Waals surface area contributed by atoms with Gasteiger partial charge in [0.25, 0.3) is 0 Å². The molecule has 0 radical (unpaired) electrons. The summed E-state index contributed by atoms with van der Waals surface area (Å²) in [6.45, 7) is 4.59. The number of carbonyl (C=O) groups is 2. The first-order valence-corrected chi connectivity index (χ1v) is 10.8. The average Bonchev–Trinajstić information content (AvgIpc) is 3.37. The molecule has 28 heavy (non-hydrogen) atoms. The molecule has 0 bridgehead atoms. The summed E-state index contributed by atoms with van der Waals surface area (Å²) in [5.41, 5.74) is 1.84. The fraction of sp³-hybridized carbons (Fsp3) is 0.400. The van der Waals surface area contributed by atoms with Gasteiger partial charge in [-0.05, 0) is 62.1 Å². The fourth-order valence-corrected chi connectivity index (χ4v) is 4.89. The van der Waals surface area contributed by atoms with Crippen molar-refractivity contribution in [1.29, 1.82) is 0 Å². The third-order valence-electron chi connectivity index (χ3n) is 5.08. The van der Waals surface area contributed by atoms with Crippen LogP contribution in [0.15, 0.2) is 45.9 Å². The maximum Gasteiger partial charge on any atom is 0.311 e. The van der Waals surface area contributed by atoms with Crippen molar-refractivity contribution < 1.29 is 22.4 Å². The van der Waals surface area contributed by atoms with E-state index in [1.165, 1.54) is 11.2 Å². The summed E-state index contributed by atoms with van der Waals surface area (Å²) in [7, 11) is -3.84. The van der Waals surface area contributed by atoms with E-state index in [1.807, 2.05) is 13.8 Å². The zero-order valence-electron chi connectivity index (χ0n) is 16.0. The van der Waals surface area contributed by atoms with E-state index < -0.39 is 26.9 Å². The standard InChI is InChI=1S/C20H24N2O5S/c1-14-7-8-16(12-15(14)2)28(25,26)18(17-6-5-11-27-17)13-21-19(23)20(24)22-9-3-4-10-22/h5-8,11-12,18H,3-4,9-10,13H2,1-2H3,(H,21,23)/t18-/m0/s1. The minimum Gasteiger partial charge on any atom is -0.468 e. The lowest BCUT2D eigenvalue weighted by molar-refractivity contribution is -0.145. The Balaban J connectivity index is 1.82. The van der Waals surface area contributed by atoms with Gasteiger partial charge in [-0.1, -0.05) is 6.07 Å². The van der Waals surface area contributed by atoms with E-state index >= 15 is 0 Å². The minimum absolute atomic E-state index is 0.150. The van der Waals surface area contributed by atoms with Crippen LogP contribution in [0.3, 0.4) is 0 Å². The van der Waals surface area contributed by atoms with Gasteiger partial charge in [0.2, 0.25) is 0 Å². The summed E-state index contributed by atoms with van der Waals surface area (Å²) in [6.07, 6.45) is 3.12. The van der Waals surface area contributed by atoms with Crippen molar-refractivity contribution >= 4 is 21.7 Å². The number of likely N-dealkylation sites (tertiary alicyclic amines) is 1. The number of amides is 2. The van der Waals surface area contributed by atoms with Gasteiger partial charge >= 0.3 is 11.8 Å². The molecular formula is C20H24N2O5S. The molecule has 2 aromatic rings. The molecule has 1 fully saturated rings. The topological polar surface area (TPSA) is 96.7 Å². The monoisotopic (exact) mass is 404 g/mol. The van der Waals surface area contributed by atoms with E-state index in [9.17, 15) is 18.0 Å². The molecule has 1 aliphatic heterocycles. The van der Waals surface area contributed by atoms with Crippen molar-refractivity contribution in [2.75, 3.05) is 19.6 Å². The quantitative estimate of drug-likeness (QED) is 0.770. The highest BCUT2D eigenvalue weighted by molar-refractivity contribution is 7.91. The maximum atomic E-state index is 13.2. The van der Waals surface area contributed by atoms with Crippen LogP contribution in [0.5, 0.6) is 0 Å². The minimum atomic E-state index is -3.84. The Morgan fingerprint density at radius 3 is 2.46 bits per heavy atom. The van der Waals surface area contributed by atoms with E-state index in [0.717, 1.165) is 24.0 Å². The normalized spacial score (nSPS) is 15.4. The number of sulfone groups is 1. The molecule has 3 rings (SSSR count). The third kappa shape index (κ3) is 4.11. The van der Waals surface area contributed by atoms with Gasteiger partial charge < -0.3 is 14.6 Å². The predicted octanol–water partition coefficient (Wildman–Crippen LogP) is 2.15. The number of carbonyl (C=O) groups excluding carboxylic acids is 2. The zero-order chi connectivity index (χ0) is 20.3. The van der Waals surface area contributed by atoms with Crippen LogP contribution >= 0.6 is 0 Å². The molecule has 1 N–H and O–H groups in total. The SMILES string of the molecule is Cc1ccc(S(=O)(=O)[C@@H](CNC(=O)C(=O)N2CCCC2)c2ccco2)cc1C. The first kappa shape index (κ1) is 20.1. The van der Waals surface area contributed by atoms with Crippen molar-refractivity contribution in [3.05, 3.63) is 53.5 Å². The average molecular weight is 404 g/mol. The summed E-state index contributed by atoms with van der Waals surface area (Å²) < 4.78 is 31.8. The number of furan rings is 1. The fourth-order valence-electron chi connectivity index (χ4n) is 3.22. The summed E-state index contributed by atoms with van der Waals surface area (Å²) >= 11 is 0. The van der Waals surface area contributed by atoms with Crippen molar-refractivity contribution in [1.82, 2.24) is 10.2 Å². The van der Waals surface area contributed by atoms with Crippen LogP contribution in [0.25, 0.3) is 0 Å². The number of aryl methyl sites for hydroxylation is 2. The molecular weight excluding hydrogens is 380 g/mol. The number of benzene rings is 1. The Bertz CT molecular complexity index is 960. The summed E-state index contributed by atoms with van der Waals surface area (Å²) in [6, 6.07) is 8.05. The summed E-state index contributed by atoms with van der Waals surface area (Å²) in [5, 5.41) is 1.36. The molecule has 8 heteroatoms. The molecule has 7 nitrogen and oxygen atoms in total. The first-order valence-electron chi connectivity index (χ1n) is 9.22. The van der Waals surface area contributed by atoms with Crippen LogP contribution in [-0.2, 0) is 19.4 Å². The zero-order valence-corrected chi connectivity index (χ0v) is 16.8. The summed E-state index contributed by atoms with van der Waals surface area (Å²) in [5.74, 6) is -1.21. The van der Waals surface area contributed by atoms with Crippen LogP contribution in [-0.4, -0.2) is 44.8 Å². The number of hydrogen-bond acceptors (Lipinski definition) is 5. The number of nitrogens with one attached hydrogen (secondary N) is 1. The van der Waals surface area contributed by atoms with Crippen molar-refractivity contribution in [3.8, 4) is 0 Å². The molecule has 1 saturated heterocycles. The van der Waals surface area contributed by atoms with Gasteiger partial charge in [0.05, 0.1) is 11.2 Å². The highest BCUT2D eigenvalue weighted by Crippen LogP contribution is 2.30. The van der Waals surface area contributed by atoms with Crippen LogP contribution in [0.1, 0.15) is 35.0 Å². The number of rotatable bonds is 5. The second kappa shape index (κ2) is 8.18. The number of nitrogens with zero attached hydrogens (tertiary/aromatic N) is 1. The summed E-state index contributed by atoms with van der Waals surface area (Å²) in [4.78, 5) is 26.1. The van der Waals surface area contributed by atoms with E-state index in [-0.39, 0.29) is 17.2 Å². The predicted molar refractivity (Wildman–Crippen MR) is 103 cm³/mol. The Labute approximate surface area is 164 Å². The van der Waals surface area contributed by atoms with Crippen LogP contribution in [0, 0.1) is 13.8 Å². The van der Waals surface area contributed by atoms with Gasteiger partial charge in [-0.3, -0.25) is 9.59 Å². The largest absolute Gasteiger partial charge is 0.468 e. The molecule has 0 unspecified atom stereocenters. The molecule has 1 aliphatic rings. The Morgan fingerprint density at radius 1 is 1.14 bits per heavy atom. The second-order valence-electron chi connectivity index (χ2n) is 7.00. The van der Waals surface area contributed by atoms with Gasteiger partial charge in [-0.25, -0.2) is 8.42 Å². The van der Waals surface area contributed by atoms with Gasteiger partial charge in [0, 0.05) is 19.6 Å². The lowest BCUT2D eigenvalue weighted by Gasteiger charge is -2.19. The molecule has 0 aliphatic carbocycles. The van der Waals surface area contributed by atoms with Gasteiger partial charge in [-0.2, -0.15) is 0 Å². The molecule has 0 saturated carbocycles. The Hall–Kier alpha value is -2.61. The van der Waals surface area contributed by atoms with Crippen LogP contribution in [0.4, 0.5) is 0 Å². The van der Waals surface area contributed by atoms with E-state index in [2.05, 4.69) is 5.32 Å². The van der Waals surface area contributed by atoms with Crippen molar-refractivity contribution in [2.45, 2.75) is 36.8 Å². The van der Waals surface area contributed by atoms with E-state index in [0.29, 0.717) is 13.1 Å². The highest BCUT2D eigenvalue weighted by atomic mass is 32.2. The Kier molecular flexibility index (Phi) is 5.88. The van der Waals surface area contributed by atoms with E-state index in [1.54, 1.807) is 30.3 Å². The molecule has 1 aromatic heterocycles. The van der Waals surface area contributed by atoms with Crippen molar-refractivity contribution in [3.63, 3.8) is 0 Å². The maximum absolute atomic E-state index is 13.2. The lowest BCUT2D eigenvalue weighted by atomic mass is 10.1. The van der Waals surface area contributed by atoms with Crippen molar-refractivity contribution in [2.24, 2.45) is 0 Å². The molecule has 0 spiro atoms. The van der Waals surface area contributed by atoms with Crippen LogP contribution in [0.2, 0.25) is 0 Å². The van der Waals surface area contributed by atoms with Gasteiger partial charge in [0.15, 0.2) is 9.84 Å². The third-order valence-corrected chi connectivity index (χ3v) is 7.14. The van der Waals surface area contributed by atoms with E-state index in [4.69, 9.17) is 4.42 Å². The smallest absolute Gasteiger partial charge is 0.311 e. The molecule has 1 atom stereocenters.